The zero-order chi connectivity index (χ0) is 17.6. The molecule has 1 N–H and O–H groups in total. The number of carbonyl (C=O) groups is 2. The second-order valence-corrected chi connectivity index (χ2v) is 8.06. The fraction of sp³-hybridized carbons (Fsp3) is 0.438. The molecular weight excluding hydrogens is 380 g/mol. The van der Waals surface area contributed by atoms with Crippen molar-refractivity contribution in [2.75, 3.05) is 37.8 Å². The van der Waals surface area contributed by atoms with Gasteiger partial charge in [-0.25, -0.2) is 0 Å². The molecule has 9 heteroatoms. The molecule has 1 saturated heterocycles. The summed E-state index contributed by atoms with van der Waals surface area (Å²) in [4.78, 5) is 26.0. The molecular formula is C16H18N2O4S3. The molecule has 1 aromatic carbocycles. The SMILES string of the molecule is O=C(CSc1ccc2c(c1)OCCCO2)NCCN1C(=O)CSC1=S. The Morgan fingerprint density at radius 1 is 1.32 bits per heavy atom. The van der Waals surface area contributed by atoms with Crippen molar-refractivity contribution in [3.63, 3.8) is 0 Å². The second kappa shape index (κ2) is 8.77. The summed E-state index contributed by atoms with van der Waals surface area (Å²) in [5.74, 6) is 2.09. The fourth-order valence-corrected chi connectivity index (χ4v) is 4.21. The van der Waals surface area contributed by atoms with Crippen LogP contribution in [0.4, 0.5) is 0 Å². The van der Waals surface area contributed by atoms with Crippen molar-refractivity contribution in [1.29, 1.82) is 0 Å². The number of rotatable bonds is 6. The van der Waals surface area contributed by atoms with E-state index < -0.39 is 0 Å². The zero-order valence-corrected chi connectivity index (χ0v) is 15.9. The highest BCUT2D eigenvalue weighted by molar-refractivity contribution is 8.23. The molecule has 0 radical (unpaired) electrons. The van der Waals surface area contributed by atoms with E-state index >= 15 is 0 Å². The predicted molar refractivity (Wildman–Crippen MR) is 103 cm³/mol. The molecule has 0 spiro atoms. The minimum atomic E-state index is -0.0812. The summed E-state index contributed by atoms with van der Waals surface area (Å²) in [6, 6.07) is 5.69. The third-order valence-electron chi connectivity index (χ3n) is 3.59. The van der Waals surface area contributed by atoms with Gasteiger partial charge in [0.05, 0.1) is 24.7 Å². The first kappa shape index (κ1) is 18.3. The van der Waals surface area contributed by atoms with Crippen LogP contribution < -0.4 is 14.8 Å². The Balaban J connectivity index is 1.42. The Morgan fingerprint density at radius 3 is 2.88 bits per heavy atom. The van der Waals surface area contributed by atoms with E-state index in [1.807, 2.05) is 18.2 Å². The summed E-state index contributed by atoms with van der Waals surface area (Å²) in [5, 5.41) is 2.81. The van der Waals surface area contributed by atoms with Crippen molar-refractivity contribution in [2.45, 2.75) is 11.3 Å². The van der Waals surface area contributed by atoms with E-state index in [1.165, 1.54) is 28.4 Å². The van der Waals surface area contributed by atoms with Crippen LogP contribution in [0, 0.1) is 0 Å². The van der Waals surface area contributed by atoms with Crippen molar-refractivity contribution in [3.8, 4) is 11.5 Å². The Kier molecular flexibility index (Phi) is 6.44. The van der Waals surface area contributed by atoms with Crippen LogP contribution in [0.5, 0.6) is 11.5 Å². The minimum absolute atomic E-state index is 0.00539. The van der Waals surface area contributed by atoms with Crippen LogP contribution in [0.1, 0.15) is 6.42 Å². The maximum atomic E-state index is 12.0. The Hall–Kier alpha value is -1.45. The normalized spacial score (nSPS) is 16.7. The lowest BCUT2D eigenvalue weighted by Crippen LogP contribution is -2.37. The Labute approximate surface area is 160 Å². The molecule has 0 unspecified atom stereocenters. The van der Waals surface area contributed by atoms with Gasteiger partial charge in [0, 0.05) is 24.4 Å². The number of nitrogens with one attached hydrogen (secondary N) is 1. The minimum Gasteiger partial charge on any atom is -0.490 e. The summed E-state index contributed by atoms with van der Waals surface area (Å²) >= 11 is 7.89. The number of benzene rings is 1. The number of hydrogen-bond acceptors (Lipinski definition) is 7. The molecule has 6 nitrogen and oxygen atoms in total. The van der Waals surface area contributed by atoms with Gasteiger partial charge in [-0.15, -0.1) is 11.8 Å². The summed E-state index contributed by atoms with van der Waals surface area (Å²) in [6.45, 7) is 2.11. The van der Waals surface area contributed by atoms with Gasteiger partial charge in [0.25, 0.3) is 0 Å². The van der Waals surface area contributed by atoms with Gasteiger partial charge < -0.3 is 14.8 Å². The molecule has 25 heavy (non-hydrogen) atoms. The highest BCUT2D eigenvalue weighted by atomic mass is 32.2. The summed E-state index contributed by atoms with van der Waals surface area (Å²) in [7, 11) is 0. The lowest BCUT2D eigenvalue weighted by molar-refractivity contribution is -0.124. The average molecular weight is 399 g/mol. The van der Waals surface area contributed by atoms with Gasteiger partial charge in [0.2, 0.25) is 11.8 Å². The molecule has 1 aromatic rings. The first-order valence-electron chi connectivity index (χ1n) is 7.90. The molecule has 3 rings (SSSR count). The van der Waals surface area contributed by atoms with Gasteiger partial charge in [-0.1, -0.05) is 24.0 Å². The fourth-order valence-electron chi connectivity index (χ4n) is 2.34. The van der Waals surface area contributed by atoms with Crippen LogP contribution in [0.25, 0.3) is 0 Å². The van der Waals surface area contributed by atoms with Crippen LogP contribution in [-0.4, -0.2) is 58.8 Å². The largest absolute Gasteiger partial charge is 0.490 e. The maximum Gasteiger partial charge on any atom is 0.238 e. The summed E-state index contributed by atoms with van der Waals surface area (Å²) in [6.07, 6.45) is 0.862. The van der Waals surface area contributed by atoms with Crippen molar-refractivity contribution in [1.82, 2.24) is 10.2 Å². The molecule has 0 aliphatic carbocycles. The molecule has 134 valence electrons. The van der Waals surface area contributed by atoms with E-state index in [1.54, 1.807) is 0 Å². The molecule has 2 aliphatic rings. The number of ether oxygens (including phenoxy) is 2. The number of amides is 2. The number of thiocarbonyl (C=S) groups is 1. The van der Waals surface area contributed by atoms with E-state index in [-0.39, 0.29) is 11.8 Å². The molecule has 1 fully saturated rings. The van der Waals surface area contributed by atoms with E-state index in [0.29, 0.717) is 42.1 Å². The van der Waals surface area contributed by atoms with Crippen LogP contribution in [0.15, 0.2) is 23.1 Å². The first-order valence-corrected chi connectivity index (χ1v) is 10.3. The number of nitrogens with zero attached hydrogens (tertiary/aromatic N) is 1. The van der Waals surface area contributed by atoms with Gasteiger partial charge >= 0.3 is 0 Å². The molecule has 0 aromatic heterocycles. The van der Waals surface area contributed by atoms with Gasteiger partial charge in [0.1, 0.15) is 4.32 Å². The van der Waals surface area contributed by atoms with Crippen molar-refractivity contribution < 1.29 is 19.1 Å². The van der Waals surface area contributed by atoms with Crippen LogP contribution in [0.2, 0.25) is 0 Å². The van der Waals surface area contributed by atoms with Crippen molar-refractivity contribution in [3.05, 3.63) is 18.2 Å². The lowest BCUT2D eigenvalue weighted by atomic mass is 10.3. The van der Waals surface area contributed by atoms with Crippen molar-refractivity contribution >= 4 is 51.9 Å². The third-order valence-corrected chi connectivity index (χ3v) is 6.01. The standard InChI is InChI=1S/C16H18N2O4S3/c19-14(17-4-5-18-15(20)10-25-16(18)23)9-24-11-2-3-12-13(8-11)22-7-1-6-21-12/h2-3,8H,1,4-7,9-10H2,(H,17,19). The third kappa shape index (κ3) is 5.02. The highest BCUT2D eigenvalue weighted by Gasteiger charge is 2.25. The maximum absolute atomic E-state index is 12.0. The van der Waals surface area contributed by atoms with Crippen LogP contribution in [-0.2, 0) is 9.59 Å². The summed E-state index contributed by atoms with van der Waals surface area (Å²) in [5.41, 5.74) is 0. The van der Waals surface area contributed by atoms with Crippen LogP contribution in [0.3, 0.4) is 0 Å². The number of thioether (sulfide) groups is 2. The number of hydrogen-bond donors (Lipinski definition) is 1. The molecule has 2 aliphatic heterocycles. The Bertz CT molecular complexity index is 667. The zero-order valence-electron chi connectivity index (χ0n) is 13.5. The van der Waals surface area contributed by atoms with Gasteiger partial charge in [-0.05, 0) is 18.2 Å². The smallest absolute Gasteiger partial charge is 0.238 e. The molecule has 0 bridgehead atoms. The van der Waals surface area contributed by atoms with E-state index in [0.717, 1.165) is 22.8 Å². The topological polar surface area (TPSA) is 67.9 Å². The van der Waals surface area contributed by atoms with Crippen LogP contribution >= 0.6 is 35.7 Å². The molecule has 0 atom stereocenters. The van der Waals surface area contributed by atoms with Gasteiger partial charge in [-0.3, -0.25) is 14.5 Å². The average Bonchev–Trinajstić information content (AvgIpc) is 2.81. The van der Waals surface area contributed by atoms with Gasteiger partial charge in [0.15, 0.2) is 11.5 Å². The summed E-state index contributed by atoms with van der Waals surface area (Å²) < 4.78 is 11.8. The first-order chi connectivity index (χ1) is 12.1. The molecule has 0 saturated carbocycles. The van der Waals surface area contributed by atoms with Crippen molar-refractivity contribution in [2.24, 2.45) is 0 Å². The predicted octanol–water partition coefficient (Wildman–Crippen LogP) is 1.92. The quantitative estimate of drug-likeness (QED) is 0.580. The Morgan fingerprint density at radius 2 is 2.12 bits per heavy atom. The van der Waals surface area contributed by atoms with E-state index in [9.17, 15) is 9.59 Å². The molecule has 2 heterocycles. The molecule has 2 amide bonds. The van der Waals surface area contributed by atoms with E-state index in [4.69, 9.17) is 21.7 Å². The number of fused-ring (bicyclic) bond motifs is 1. The second-order valence-electron chi connectivity index (χ2n) is 5.40. The highest BCUT2D eigenvalue weighted by Crippen LogP contribution is 2.33. The van der Waals surface area contributed by atoms with E-state index in [2.05, 4.69) is 5.32 Å². The number of carbonyl (C=O) groups excluding carboxylic acids is 2. The lowest BCUT2D eigenvalue weighted by Gasteiger charge is -2.15. The monoisotopic (exact) mass is 398 g/mol. The van der Waals surface area contributed by atoms with Gasteiger partial charge in [-0.2, -0.15) is 0 Å².